The van der Waals surface area contributed by atoms with Crippen LogP contribution in [-0.2, 0) is 6.54 Å². The molecule has 0 saturated carbocycles. The van der Waals surface area contributed by atoms with Crippen molar-refractivity contribution in [2.75, 3.05) is 5.32 Å². The Morgan fingerprint density at radius 3 is 2.87 bits per heavy atom. The lowest BCUT2D eigenvalue weighted by molar-refractivity contribution is 1.12. The first-order chi connectivity index (χ1) is 7.27. The minimum Gasteiger partial charge on any atom is -0.379 e. The Balaban J connectivity index is 2.06. The Hall–Kier alpha value is -1.06. The van der Waals surface area contributed by atoms with Crippen molar-refractivity contribution in [2.24, 2.45) is 0 Å². The third-order valence-corrected chi connectivity index (χ3v) is 3.42. The van der Waals surface area contributed by atoms with Crippen LogP contribution in [0.1, 0.15) is 10.6 Å². The van der Waals surface area contributed by atoms with Crippen LogP contribution >= 0.6 is 22.9 Å². The number of benzene rings is 1. The fraction of sp³-hybridized carbons (Fsp3) is 0.182. The van der Waals surface area contributed by atoms with E-state index in [4.69, 9.17) is 11.6 Å². The van der Waals surface area contributed by atoms with Crippen molar-refractivity contribution in [1.29, 1.82) is 0 Å². The average Bonchev–Trinajstić information content (AvgIpc) is 2.63. The molecule has 0 radical (unpaired) electrons. The first-order valence-corrected chi connectivity index (χ1v) is 5.90. The van der Waals surface area contributed by atoms with E-state index < -0.39 is 0 Å². The molecule has 1 N–H and O–H groups in total. The highest BCUT2D eigenvalue weighted by Crippen LogP contribution is 2.22. The third kappa shape index (κ3) is 2.49. The maximum atomic E-state index is 6.03. The molecule has 0 bridgehead atoms. The van der Waals surface area contributed by atoms with Crippen molar-refractivity contribution >= 4 is 28.6 Å². The fourth-order valence-corrected chi connectivity index (χ4v) is 2.20. The average molecular weight is 239 g/mol. The molecular formula is C11H11ClN2S. The van der Waals surface area contributed by atoms with Gasteiger partial charge in [-0.05, 0) is 19.1 Å². The zero-order valence-corrected chi connectivity index (χ0v) is 9.90. The molecule has 1 aromatic heterocycles. The quantitative estimate of drug-likeness (QED) is 0.882. The Morgan fingerprint density at radius 1 is 1.40 bits per heavy atom. The SMILES string of the molecule is Cc1ncsc1CNc1ccccc1Cl. The van der Waals surface area contributed by atoms with E-state index in [0.717, 1.165) is 22.9 Å². The lowest BCUT2D eigenvalue weighted by Gasteiger charge is -2.06. The van der Waals surface area contributed by atoms with Gasteiger partial charge in [-0.2, -0.15) is 0 Å². The van der Waals surface area contributed by atoms with Crippen molar-refractivity contribution in [3.63, 3.8) is 0 Å². The summed E-state index contributed by atoms with van der Waals surface area (Å²) in [6, 6.07) is 7.74. The first-order valence-electron chi connectivity index (χ1n) is 4.65. The summed E-state index contributed by atoms with van der Waals surface area (Å²) in [6.07, 6.45) is 0. The zero-order chi connectivity index (χ0) is 10.7. The first kappa shape index (κ1) is 10.5. The predicted octanol–water partition coefficient (Wildman–Crippen LogP) is 3.72. The highest BCUT2D eigenvalue weighted by Gasteiger charge is 2.02. The number of aromatic nitrogens is 1. The van der Waals surface area contributed by atoms with Gasteiger partial charge in [0.25, 0.3) is 0 Å². The monoisotopic (exact) mass is 238 g/mol. The van der Waals surface area contributed by atoms with Crippen LogP contribution in [0.2, 0.25) is 5.02 Å². The molecule has 0 aliphatic rings. The van der Waals surface area contributed by atoms with Crippen molar-refractivity contribution in [3.8, 4) is 0 Å². The molecule has 2 aromatic rings. The number of nitrogens with zero attached hydrogens (tertiary/aromatic N) is 1. The second kappa shape index (κ2) is 4.64. The Labute approximate surface area is 97.9 Å². The topological polar surface area (TPSA) is 24.9 Å². The van der Waals surface area contributed by atoms with Gasteiger partial charge in [0.15, 0.2) is 0 Å². The number of halogens is 1. The van der Waals surface area contributed by atoms with Crippen molar-refractivity contribution in [1.82, 2.24) is 4.98 Å². The van der Waals surface area contributed by atoms with Crippen LogP contribution < -0.4 is 5.32 Å². The molecule has 0 fully saturated rings. The minimum absolute atomic E-state index is 0.750. The van der Waals surface area contributed by atoms with Crippen LogP contribution in [0.3, 0.4) is 0 Å². The number of thiazole rings is 1. The molecule has 0 amide bonds. The summed E-state index contributed by atoms with van der Waals surface area (Å²) in [6.45, 7) is 2.79. The summed E-state index contributed by atoms with van der Waals surface area (Å²) < 4.78 is 0. The molecule has 0 spiro atoms. The molecule has 0 unspecified atom stereocenters. The van der Waals surface area contributed by atoms with Crippen LogP contribution in [0.4, 0.5) is 5.69 Å². The van der Waals surface area contributed by atoms with Crippen LogP contribution in [0, 0.1) is 6.92 Å². The molecular weight excluding hydrogens is 228 g/mol. The number of hydrogen-bond acceptors (Lipinski definition) is 3. The van der Waals surface area contributed by atoms with Gasteiger partial charge < -0.3 is 5.32 Å². The standard InChI is InChI=1S/C11H11ClN2S/c1-8-11(15-7-14-8)6-13-10-5-3-2-4-9(10)12/h2-5,7,13H,6H2,1H3. The van der Waals surface area contributed by atoms with Crippen molar-refractivity contribution in [3.05, 3.63) is 45.4 Å². The lowest BCUT2D eigenvalue weighted by atomic mass is 10.3. The van der Waals surface area contributed by atoms with Gasteiger partial charge in [0.05, 0.1) is 28.5 Å². The van der Waals surface area contributed by atoms with E-state index >= 15 is 0 Å². The van der Waals surface area contributed by atoms with E-state index in [-0.39, 0.29) is 0 Å². The van der Waals surface area contributed by atoms with Crippen molar-refractivity contribution < 1.29 is 0 Å². The smallest absolute Gasteiger partial charge is 0.0798 e. The molecule has 78 valence electrons. The molecule has 0 aliphatic heterocycles. The van der Waals surface area contributed by atoms with E-state index in [2.05, 4.69) is 10.3 Å². The lowest BCUT2D eigenvalue weighted by Crippen LogP contribution is -1.99. The molecule has 1 aromatic carbocycles. The van der Waals surface area contributed by atoms with E-state index in [0.29, 0.717) is 0 Å². The number of hydrogen-bond donors (Lipinski definition) is 1. The third-order valence-electron chi connectivity index (χ3n) is 2.16. The number of rotatable bonds is 3. The number of para-hydroxylation sites is 1. The van der Waals surface area contributed by atoms with Gasteiger partial charge >= 0.3 is 0 Å². The van der Waals surface area contributed by atoms with Gasteiger partial charge in [0.1, 0.15) is 0 Å². The molecule has 4 heteroatoms. The fourth-order valence-electron chi connectivity index (χ4n) is 1.28. The Kier molecular flexibility index (Phi) is 3.23. The Morgan fingerprint density at radius 2 is 2.20 bits per heavy atom. The van der Waals surface area contributed by atoms with Crippen LogP contribution in [0.15, 0.2) is 29.8 Å². The molecule has 0 saturated heterocycles. The van der Waals surface area contributed by atoms with Gasteiger partial charge in [0, 0.05) is 4.88 Å². The number of nitrogens with one attached hydrogen (secondary N) is 1. The van der Waals surface area contributed by atoms with Crippen LogP contribution in [-0.4, -0.2) is 4.98 Å². The minimum atomic E-state index is 0.750. The molecule has 1 heterocycles. The maximum Gasteiger partial charge on any atom is 0.0798 e. The molecule has 0 aliphatic carbocycles. The van der Waals surface area contributed by atoms with Gasteiger partial charge in [-0.25, -0.2) is 4.98 Å². The molecule has 2 rings (SSSR count). The van der Waals surface area contributed by atoms with E-state index in [1.165, 1.54) is 4.88 Å². The summed E-state index contributed by atoms with van der Waals surface area (Å²) in [5.41, 5.74) is 3.91. The summed E-state index contributed by atoms with van der Waals surface area (Å²) in [5, 5.41) is 4.04. The normalized spacial score (nSPS) is 10.3. The van der Waals surface area contributed by atoms with Gasteiger partial charge in [-0.15, -0.1) is 11.3 Å². The summed E-state index contributed by atoms with van der Waals surface area (Å²) in [4.78, 5) is 5.44. The van der Waals surface area contributed by atoms with Crippen LogP contribution in [0.5, 0.6) is 0 Å². The van der Waals surface area contributed by atoms with E-state index in [1.54, 1.807) is 11.3 Å². The molecule has 15 heavy (non-hydrogen) atoms. The molecule has 2 nitrogen and oxygen atoms in total. The molecule has 0 atom stereocenters. The number of anilines is 1. The summed E-state index contributed by atoms with van der Waals surface area (Å²) in [7, 11) is 0. The maximum absolute atomic E-state index is 6.03. The van der Waals surface area contributed by atoms with Gasteiger partial charge in [0.2, 0.25) is 0 Å². The zero-order valence-electron chi connectivity index (χ0n) is 8.33. The summed E-state index contributed by atoms with van der Waals surface area (Å²) in [5.74, 6) is 0. The van der Waals surface area contributed by atoms with E-state index in [1.807, 2.05) is 36.7 Å². The second-order valence-corrected chi connectivity index (χ2v) is 4.54. The van der Waals surface area contributed by atoms with E-state index in [9.17, 15) is 0 Å². The predicted molar refractivity (Wildman–Crippen MR) is 65.6 cm³/mol. The van der Waals surface area contributed by atoms with Gasteiger partial charge in [-0.1, -0.05) is 23.7 Å². The number of aryl methyl sites for hydroxylation is 1. The van der Waals surface area contributed by atoms with Gasteiger partial charge in [-0.3, -0.25) is 0 Å². The highest BCUT2D eigenvalue weighted by molar-refractivity contribution is 7.09. The Bertz CT molecular complexity index is 453. The summed E-state index contributed by atoms with van der Waals surface area (Å²) >= 11 is 7.69. The second-order valence-electron chi connectivity index (χ2n) is 3.19. The highest BCUT2D eigenvalue weighted by atomic mass is 35.5. The largest absolute Gasteiger partial charge is 0.379 e. The van der Waals surface area contributed by atoms with Crippen LogP contribution in [0.25, 0.3) is 0 Å². The van der Waals surface area contributed by atoms with Crippen molar-refractivity contribution in [2.45, 2.75) is 13.5 Å².